The Morgan fingerprint density at radius 2 is 1.85 bits per heavy atom. The van der Waals surface area contributed by atoms with Crippen LogP contribution in [0, 0.1) is 0 Å². The predicted octanol–water partition coefficient (Wildman–Crippen LogP) is 2.86. The fourth-order valence-electron chi connectivity index (χ4n) is 2.62. The fourth-order valence-corrected chi connectivity index (χ4v) is 3.08. The molecule has 2 atom stereocenters. The van der Waals surface area contributed by atoms with Crippen LogP contribution in [0.5, 0.6) is 11.5 Å². The van der Waals surface area contributed by atoms with Crippen molar-refractivity contribution in [2.45, 2.75) is 44.4 Å². The minimum Gasteiger partial charge on any atom is -0.493 e. The van der Waals surface area contributed by atoms with E-state index in [4.69, 9.17) is 9.47 Å². The van der Waals surface area contributed by atoms with Gasteiger partial charge in [0, 0.05) is 17.1 Å². The second-order valence-corrected chi connectivity index (χ2v) is 5.99. The smallest absolute Gasteiger partial charge is 0.161 e. The van der Waals surface area contributed by atoms with Crippen LogP contribution < -0.4 is 14.8 Å². The summed E-state index contributed by atoms with van der Waals surface area (Å²) in [6, 6.07) is 4.06. The van der Waals surface area contributed by atoms with E-state index >= 15 is 0 Å². The van der Waals surface area contributed by atoms with Gasteiger partial charge in [0.15, 0.2) is 11.5 Å². The van der Waals surface area contributed by atoms with Crippen molar-refractivity contribution in [2.24, 2.45) is 0 Å². The fraction of sp³-hybridized carbons (Fsp3) is 0.600. The maximum absolute atomic E-state index is 9.98. The predicted molar refractivity (Wildman–Crippen MR) is 82.3 cm³/mol. The Morgan fingerprint density at radius 1 is 1.20 bits per heavy atom. The molecule has 0 radical (unpaired) electrons. The van der Waals surface area contributed by atoms with E-state index < -0.39 is 0 Å². The maximum atomic E-state index is 9.98. The second-order valence-electron chi connectivity index (χ2n) is 5.14. The van der Waals surface area contributed by atoms with Crippen LogP contribution in [-0.4, -0.2) is 31.5 Å². The lowest BCUT2D eigenvalue weighted by Crippen LogP contribution is -2.41. The van der Waals surface area contributed by atoms with Crippen molar-refractivity contribution < 1.29 is 14.6 Å². The van der Waals surface area contributed by atoms with Gasteiger partial charge in [0.25, 0.3) is 0 Å². The molecular formula is C15H22BrNO3. The van der Waals surface area contributed by atoms with Crippen molar-refractivity contribution in [3.05, 3.63) is 22.2 Å². The van der Waals surface area contributed by atoms with Crippen molar-refractivity contribution in [2.75, 3.05) is 14.2 Å². The van der Waals surface area contributed by atoms with Gasteiger partial charge in [0.05, 0.1) is 20.3 Å². The number of hydrogen-bond donors (Lipinski definition) is 2. The molecule has 1 fully saturated rings. The van der Waals surface area contributed by atoms with Crippen LogP contribution in [0.3, 0.4) is 0 Å². The molecule has 1 aliphatic rings. The average molecular weight is 344 g/mol. The Kier molecular flexibility index (Phi) is 5.69. The highest BCUT2D eigenvalue weighted by Gasteiger charge is 2.22. The molecule has 112 valence electrons. The number of nitrogens with one attached hydrogen (secondary N) is 1. The van der Waals surface area contributed by atoms with Crippen molar-refractivity contribution in [3.8, 4) is 11.5 Å². The average Bonchev–Trinajstić information content (AvgIpc) is 2.47. The molecular weight excluding hydrogens is 322 g/mol. The highest BCUT2D eigenvalue weighted by molar-refractivity contribution is 9.10. The first-order valence-electron chi connectivity index (χ1n) is 6.97. The van der Waals surface area contributed by atoms with Gasteiger partial charge in [0.1, 0.15) is 0 Å². The van der Waals surface area contributed by atoms with Crippen molar-refractivity contribution in [1.82, 2.24) is 5.32 Å². The normalized spacial score (nSPS) is 22.6. The zero-order valence-corrected chi connectivity index (χ0v) is 13.6. The van der Waals surface area contributed by atoms with Crippen molar-refractivity contribution in [3.63, 3.8) is 0 Å². The van der Waals surface area contributed by atoms with Crippen molar-refractivity contribution >= 4 is 15.9 Å². The molecule has 0 unspecified atom stereocenters. The molecule has 0 heterocycles. The summed E-state index contributed by atoms with van der Waals surface area (Å²) in [6.45, 7) is 0.697. The monoisotopic (exact) mass is 343 g/mol. The highest BCUT2D eigenvalue weighted by Crippen LogP contribution is 2.33. The number of methoxy groups -OCH3 is 2. The molecule has 20 heavy (non-hydrogen) atoms. The summed E-state index contributed by atoms with van der Waals surface area (Å²) in [7, 11) is 3.26. The molecule has 0 bridgehead atoms. The van der Waals surface area contributed by atoms with Gasteiger partial charge in [0.2, 0.25) is 0 Å². The number of aliphatic hydroxyl groups excluding tert-OH is 1. The lowest BCUT2D eigenvalue weighted by molar-refractivity contribution is 0.0902. The first kappa shape index (κ1) is 15.6. The lowest BCUT2D eigenvalue weighted by atomic mass is 9.92. The summed E-state index contributed by atoms with van der Waals surface area (Å²) in [6.07, 6.45) is 4.00. The third-order valence-corrected chi connectivity index (χ3v) is 4.57. The van der Waals surface area contributed by atoms with E-state index in [9.17, 15) is 5.11 Å². The molecule has 0 saturated heterocycles. The molecule has 0 amide bonds. The van der Waals surface area contributed by atoms with Crippen LogP contribution in [0.15, 0.2) is 16.6 Å². The number of aliphatic hydroxyl groups is 1. The molecule has 0 aliphatic heterocycles. The van der Waals surface area contributed by atoms with E-state index in [2.05, 4.69) is 21.2 Å². The van der Waals surface area contributed by atoms with E-state index in [1.807, 2.05) is 12.1 Å². The van der Waals surface area contributed by atoms with Crippen LogP contribution in [0.4, 0.5) is 0 Å². The summed E-state index contributed by atoms with van der Waals surface area (Å²) < 4.78 is 11.6. The van der Waals surface area contributed by atoms with Gasteiger partial charge in [-0.1, -0.05) is 28.8 Å². The zero-order valence-electron chi connectivity index (χ0n) is 12.0. The van der Waals surface area contributed by atoms with Crippen molar-refractivity contribution in [1.29, 1.82) is 0 Å². The van der Waals surface area contributed by atoms with Gasteiger partial charge in [-0.2, -0.15) is 0 Å². The minimum atomic E-state index is -0.234. The number of ether oxygens (including phenoxy) is 2. The molecule has 1 aliphatic carbocycles. The third-order valence-electron chi connectivity index (χ3n) is 3.84. The minimum absolute atomic E-state index is 0.184. The van der Waals surface area contributed by atoms with Crippen LogP contribution in [-0.2, 0) is 6.54 Å². The molecule has 4 nitrogen and oxygen atoms in total. The summed E-state index contributed by atoms with van der Waals surface area (Å²) in [5.74, 6) is 1.43. The molecule has 0 spiro atoms. The highest BCUT2D eigenvalue weighted by atomic mass is 79.9. The topological polar surface area (TPSA) is 50.7 Å². The van der Waals surface area contributed by atoms with E-state index in [0.29, 0.717) is 12.3 Å². The Morgan fingerprint density at radius 3 is 2.50 bits per heavy atom. The molecule has 1 saturated carbocycles. The number of benzene rings is 1. The van der Waals surface area contributed by atoms with E-state index in [1.54, 1.807) is 14.2 Å². The quantitative estimate of drug-likeness (QED) is 0.863. The lowest BCUT2D eigenvalue weighted by Gasteiger charge is -2.28. The number of hydrogen-bond acceptors (Lipinski definition) is 4. The largest absolute Gasteiger partial charge is 0.493 e. The van der Waals surface area contributed by atoms with Crippen LogP contribution in [0.1, 0.15) is 31.2 Å². The van der Waals surface area contributed by atoms with Gasteiger partial charge < -0.3 is 19.9 Å². The van der Waals surface area contributed by atoms with Gasteiger partial charge >= 0.3 is 0 Å². The maximum Gasteiger partial charge on any atom is 0.161 e. The Hall–Kier alpha value is -0.780. The first-order chi connectivity index (χ1) is 9.65. The summed E-state index contributed by atoms with van der Waals surface area (Å²) in [4.78, 5) is 0. The van der Waals surface area contributed by atoms with E-state index in [1.165, 1.54) is 6.42 Å². The number of rotatable bonds is 5. The van der Waals surface area contributed by atoms with E-state index in [-0.39, 0.29) is 12.1 Å². The number of halogens is 1. The SMILES string of the molecule is COc1cc(Br)c(CN[C@@H]2CCCC[C@H]2O)cc1OC. The standard InChI is InChI=1S/C15H22BrNO3/c1-19-14-7-10(11(16)8-15(14)20-2)9-17-12-5-3-4-6-13(12)18/h7-8,12-13,17-18H,3-6,9H2,1-2H3/t12-,13-/m1/s1. The van der Waals surface area contributed by atoms with Crippen LogP contribution in [0.2, 0.25) is 0 Å². The van der Waals surface area contributed by atoms with Gasteiger partial charge in [-0.25, -0.2) is 0 Å². The van der Waals surface area contributed by atoms with Gasteiger partial charge in [-0.3, -0.25) is 0 Å². The second kappa shape index (κ2) is 7.29. The summed E-state index contributed by atoms with van der Waals surface area (Å²) >= 11 is 3.55. The van der Waals surface area contributed by atoms with Crippen LogP contribution >= 0.6 is 15.9 Å². The Balaban J connectivity index is 2.05. The third kappa shape index (κ3) is 3.65. The van der Waals surface area contributed by atoms with Gasteiger partial charge in [-0.15, -0.1) is 0 Å². The summed E-state index contributed by atoms with van der Waals surface area (Å²) in [5, 5.41) is 13.4. The molecule has 2 rings (SSSR count). The Bertz CT molecular complexity index is 453. The molecule has 5 heteroatoms. The molecule has 2 N–H and O–H groups in total. The molecule has 0 aromatic heterocycles. The summed E-state index contributed by atoms with van der Waals surface area (Å²) in [5.41, 5.74) is 1.10. The Labute approximate surface area is 128 Å². The molecule has 1 aromatic rings. The van der Waals surface area contributed by atoms with Gasteiger partial charge in [-0.05, 0) is 30.5 Å². The molecule has 1 aromatic carbocycles. The van der Waals surface area contributed by atoms with Crippen LogP contribution in [0.25, 0.3) is 0 Å². The van der Waals surface area contributed by atoms with E-state index in [0.717, 1.165) is 35.0 Å². The first-order valence-corrected chi connectivity index (χ1v) is 7.77. The zero-order chi connectivity index (χ0) is 14.5.